The van der Waals surface area contributed by atoms with E-state index in [1.807, 2.05) is 0 Å². The number of aryl methyl sites for hydroxylation is 1. The predicted octanol–water partition coefficient (Wildman–Crippen LogP) is 2.38. The van der Waals surface area contributed by atoms with E-state index in [1.54, 1.807) is 11.3 Å². The fourth-order valence-corrected chi connectivity index (χ4v) is 3.40. The van der Waals surface area contributed by atoms with Gasteiger partial charge in [0.2, 0.25) is 0 Å². The van der Waals surface area contributed by atoms with Gasteiger partial charge in [-0.2, -0.15) is 0 Å². The van der Waals surface area contributed by atoms with E-state index in [1.165, 1.54) is 12.5 Å². The third-order valence-electron chi connectivity index (χ3n) is 2.63. The summed E-state index contributed by atoms with van der Waals surface area (Å²) in [4.78, 5) is 2.34. The fraction of sp³-hybridized carbons (Fsp3) is 0.636. The molecule has 1 aromatic heterocycles. The minimum atomic E-state index is -0.156. The zero-order valence-electron chi connectivity index (χ0n) is 10.7. The highest BCUT2D eigenvalue weighted by Crippen LogP contribution is 2.50. The minimum Gasteiger partial charge on any atom is -0.486 e. The van der Waals surface area contributed by atoms with Gasteiger partial charge in [-0.25, -0.2) is 0 Å². The molecule has 18 heavy (non-hydrogen) atoms. The van der Waals surface area contributed by atoms with Gasteiger partial charge < -0.3 is 19.8 Å². The summed E-state index contributed by atoms with van der Waals surface area (Å²) < 4.78 is 16.9. The Morgan fingerprint density at radius 3 is 2.56 bits per heavy atom. The van der Waals surface area contributed by atoms with Crippen molar-refractivity contribution in [1.29, 1.82) is 0 Å². The van der Waals surface area contributed by atoms with Crippen molar-refractivity contribution in [3.63, 3.8) is 0 Å². The first kappa shape index (κ1) is 14.4. The van der Waals surface area contributed by atoms with Crippen molar-refractivity contribution in [3.05, 3.63) is 9.75 Å². The molecule has 2 heterocycles. The maximum atomic E-state index is 5.87. The average molecular weight is 380 g/mol. The van der Waals surface area contributed by atoms with Crippen LogP contribution >= 0.6 is 33.9 Å². The van der Waals surface area contributed by atoms with E-state index in [0.29, 0.717) is 13.2 Å². The quantitative estimate of drug-likeness (QED) is 0.497. The number of fused-ring (bicyclic) bond motifs is 1. The van der Waals surface area contributed by atoms with Gasteiger partial charge in [0.15, 0.2) is 11.5 Å². The van der Waals surface area contributed by atoms with Gasteiger partial charge in [-0.05, 0) is 20.8 Å². The molecular formula is C11H16BINO3S. The van der Waals surface area contributed by atoms with Gasteiger partial charge >= 0.3 is 7.62 Å². The van der Waals surface area contributed by atoms with E-state index in [2.05, 4.69) is 43.4 Å². The lowest BCUT2D eigenvalue weighted by atomic mass is 10.1. The largest absolute Gasteiger partial charge is 0.486 e. The van der Waals surface area contributed by atoms with E-state index in [4.69, 9.17) is 19.8 Å². The fourth-order valence-electron chi connectivity index (χ4n) is 1.79. The molecule has 0 spiro atoms. The van der Waals surface area contributed by atoms with Gasteiger partial charge in [0, 0.05) is 4.88 Å². The SMILES string of the molecule is Cc1sc(C(C)(C)I)c2c1OCC(O[B]N)CO2. The van der Waals surface area contributed by atoms with Crippen molar-refractivity contribution in [3.8, 4) is 11.5 Å². The highest BCUT2D eigenvalue weighted by atomic mass is 127. The number of nitrogens with two attached hydrogens (primary N) is 1. The Morgan fingerprint density at radius 1 is 1.39 bits per heavy atom. The van der Waals surface area contributed by atoms with Gasteiger partial charge in [-0.1, -0.05) is 22.6 Å². The summed E-state index contributed by atoms with van der Waals surface area (Å²) in [6, 6.07) is 0. The van der Waals surface area contributed by atoms with Gasteiger partial charge in [-0.15, -0.1) is 11.3 Å². The normalized spacial score (nSPS) is 19.5. The first-order valence-electron chi connectivity index (χ1n) is 5.70. The molecule has 7 heteroatoms. The van der Waals surface area contributed by atoms with Gasteiger partial charge in [0.25, 0.3) is 0 Å². The van der Waals surface area contributed by atoms with Crippen LogP contribution in [0.25, 0.3) is 0 Å². The zero-order chi connectivity index (χ0) is 13.3. The van der Waals surface area contributed by atoms with Crippen LogP contribution < -0.4 is 15.1 Å². The maximum absolute atomic E-state index is 5.87. The molecule has 2 rings (SSSR count). The molecule has 0 bridgehead atoms. The topological polar surface area (TPSA) is 53.7 Å². The monoisotopic (exact) mass is 380 g/mol. The molecule has 0 amide bonds. The summed E-state index contributed by atoms with van der Waals surface area (Å²) >= 11 is 4.14. The Morgan fingerprint density at radius 2 is 2.00 bits per heavy atom. The lowest BCUT2D eigenvalue weighted by molar-refractivity contribution is 0.104. The highest BCUT2D eigenvalue weighted by molar-refractivity contribution is 14.1. The molecule has 0 fully saturated rings. The predicted molar refractivity (Wildman–Crippen MR) is 81.9 cm³/mol. The number of hydrogen-bond acceptors (Lipinski definition) is 5. The number of hydrogen-bond donors (Lipinski definition) is 1. The van der Waals surface area contributed by atoms with Crippen molar-refractivity contribution in [1.82, 2.24) is 0 Å². The van der Waals surface area contributed by atoms with Crippen molar-refractivity contribution in [2.24, 2.45) is 5.64 Å². The molecule has 0 saturated carbocycles. The zero-order valence-corrected chi connectivity index (χ0v) is 13.6. The van der Waals surface area contributed by atoms with Crippen LogP contribution in [0.5, 0.6) is 11.5 Å². The van der Waals surface area contributed by atoms with E-state index < -0.39 is 0 Å². The highest BCUT2D eigenvalue weighted by Gasteiger charge is 2.31. The Balaban J connectivity index is 2.28. The molecule has 0 aliphatic carbocycles. The van der Waals surface area contributed by atoms with Crippen molar-refractivity contribution < 1.29 is 14.1 Å². The molecule has 1 aliphatic rings. The van der Waals surface area contributed by atoms with Crippen molar-refractivity contribution in [2.45, 2.75) is 30.3 Å². The van der Waals surface area contributed by atoms with E-state index >= 15 is 0 Å². The molecule has 2 N–H and O–H groups in total. The molecule has 1 unspecified atom stereocenters. The Kier molecular flexibility index (Phi) is 4.46. The van der Waals surface area contributed by atoms with E-state index in [9.17, 15) is 0 Å². The summed E-state index contributed by atoms with van der Waals surface area (Å²) in [6.07, 6.45) is -0.156. The van der Waals surface area contributed by atoms with Gasteiger partial charge in [0.05, 0.1) is 8.30 Å². The number of ether oxygens (including phenoxy) is 2. The van der Waals surface area contributed by atoms with Crippen LogP contribution in [-0.2, 0) is 8.08 Å². The Bertz CT molecular complexity index is 433. The molecular weight excluding hydrogens is 364 g/mol. The molecule has 4 nitrogen and oxygen atoms in total. The standard InChI is InChI=1S/C11H16BINO3S/c1-6-8-9(10(18-6)11(2,3)13)16-5-7(4-15-8)17-12-14/h7H,4-5,14H2,1-3H3. The first-order valence-corrected chi connectivity index (χ1v) is 7.60. The van der Waals surface area contributed by atoms with E-state index in [-0.39, 0.29) is 9.53 Å². The van der Waals surface area contributed by atoms with Crippen LogP contribution in [-0.4, -0.2) is 26.9 Å². The summed E-state index contributed by atoms with van der Waals surface area (Å²) in [7, 11) is 1.19. The first-order chi connectivity index (χ1) is 8.43. The molecule has 1 atom stereocenters. The van der Waals surface area contributed by atoms with Crippen molar-refractivity contribution in [2.75, 3.05) is 13.2 Å². The number of halogens is 1. The summed E-state index contributed by atoms with van der Waals surface area (Å²) in [6.45, 7) is 7.29. The maximum Gasteiger partial charge on any atom is 0.393 e. The van der Waals surface area contributed by atoms with E-state index in [0.717, 1.165) is 16.4 Å². The number of thiophene rings is 1. The summed E-state index contributed by atoms with van der Waals surface area (Å²) in [5.74, 6) is 1.71. The molecule has 0 saturated heterocycles. The third kappa shape index (κ3) is 2.94. The van der Waals surface area contributed by atoms with Crippen molar-refractivity contribution >= 4 is 41.5 Å². The second-order valence-corrected chi connectivity index (χ2v) is 8.56. The van der Waals surface area contributed by atoms with Crippen LogP contribution in [0.15, 0.2) is 0 Å². The summed E-state index contributed by atoms with van der Waals surface area (Å²) in [5.41, 5.74) is 5.26. The van der Waals surface area contributed by atoms with Gasteiger partial charge in [0.1, 0.15) is 19.3 Å². The number of alkyl halides is 1. The Hall–Kier alpha value is 0.0149. The average Bonchev–Trinajstić information content (AvgIpc) is 2.46. The summed E-state index contributed by atoms with van der Waals surface area (Å²) in [5, 5.41) is 0. The van der Waals surface area contributed by atoms with Crippen LogP contribution in [0, 0.1) is 6.92 Å². The van der Waals surface area contributed by atoms with Crippen LogP contribution in [0.3, 0.4) is 0 Å². The molecule has 1 aliphatic heterocycles. The smallest absolute Gasteiger partial charge is 0.393 e. The third-order valence-corrected chi connectivity index (χ3v) is 4.92. The number of rotatable bonds is 3. The van der Waals surface area contributed by atoms with Gasteiger partial charge in [-0.3, -0.25) is 0 Å². The Labute approximate surface area is 126 Å². The second kappa shape index (κ2) is 5.56. The lowest BCUT2D eigenvalue weighted by Gasteiger charge is -2.17. The lowest BCUT2D eigenvalue weighted by Crippen LogP contribution is -2.30. The van der Waals surface area contributed by atoms with Crippen LogP contribution in [0.4, 0.5) is 0 Å². The molecule has 0 aromatic carbocycles. The molecule has 99 valence electrons. The van der Waals surface area contributed by atoms with Crippen LogP contribution in [0.2, 0.25) is 0 Å². The minimum absolute atomic E-state index is 0.0187. The molecule has 1 radical (unpaired) electrons. The van der Waals surface area contributed by atoms with Crippen LogP contribution in [0.1, 0.15) is 23.6 Å². The second-order valence-electron chi connectivity index (χ2n) is 4.63. The molecule has 1 aromatic rings.